The fraction of sp³-hybridized carbons (Fsp3) is 0.400. The summed E-state index contributed by atoms with van der Waals surface area (Å²) in [5.74, 6) is -0.327. The maximum Gasteiger partial charge on any atom is 0.168 e. The lowest BCUT2D eigenvalue weighted by molar-refractivity contribution is -0.182. The predicted molar refractivity (Wildman–Crippen MR) is 101 cm³/mol. The molecule has 2 aliphatic carbocycles. The molecule has 0 atom stereocenters. The van der Waals surface area contributed by atoms with Crippen molar-refractivity contribution in [3.63, 3.8) is 0 Å². The van der Waals surface area contributed by atoms with E-state index in [1.54, 1.807) is 0 Å². The van der Waals surface area contributed by atoms with Crippen molar-refractivity contribution in [3.05, 3.63) is 56.5 Å². The summed E-state index contributed by atoms with van der Waals surface area (Å²) in [5, 5.41) is 0. The molecule has 0 N–H and O–H groups in total. The molecule has 124 valence electrons. The molecule has 2 nitrogen and oxygen atoms in total. The van der Waals surface area contributed by atoms with Crippen molar-refractivity contribution in [1.82, 2.24) is 0 Å². The molecule has 0 unspecified atom stereocenters. The van der Waals surface area contributed by atoms with Crippen molar-refractivity contribution in [2.45, 2.75) is 36.9 Å². The van der Waals surface area contributed by atoms with Gasteiger partial charge in [-0.2, -0.15) is 0 Å². The molecule has 2 aromatic rings. The van der Waals surface area contributed by atoms with Gasteiger partial charge in [0.15, 0.2) is 5.79 Å². The van der Waals surface area contributed by atoms with Crippen molar-refractivity contribution in [2.24, 2.45) is 0 Å². The molecule has 24 heavy (non-hydrogen) atoms. The Labute approximate surface area is 158 Å². The van der Waals surface area contributed by atoms with Crippen molar-refractivity contribution < 1.29 is 9.47 Å². The van der Waals surface area contributed by atoms with Gasteiger partial charge < -0.3 is 9.47 Å². The summed E-state index contributed by atoms with van der Waals surface area (Å²) in [7, 11) is 0. The molecule has 1 saturated heterocycles. The maximum atomic E-state index is 5.97. The lowest BCUT2D eigenvalue weighted by Crippen LogP contribution is -2.41. The van der Waals surface area contributed by atoms with Crippen LogP contribution in [-0.4, -0.2) is 19.0 Å². The van der Waals surface area contributed by atoms with Crippen molar-refractivity contribution in [2.75, 3.05) is 13.2 Å². The Hall–Kier alpha value is -0.680. The standard InChI is InChI=1S/C20H18Br2O2/c21-13-1-3-15-16-4-2-14(22)12-18(16)19(17(15)11-13)5-7-20(8-6-19)23-9-10-24-20/h1-4,11-12H,5-10H2. The number of hydrogen-bond donors (Lipinski definition) is 0. The van der Waals surface area contributed by atoms with E-state index in [2.05, 4.69) is 68.3 Å². The molecule has 1 saturated carbocycles. The van der Waals surface area contributed by atoms with Crippen molar-refractivity contribution in [1.29, 1.82) is 0 Å². The quantitative estimate of drug-likeness (QED) is 0.506. The summed E-state index contributed by atoms with van der Waals surface area (Å²) in [4.78, 5) is 0. The molecule has 4 heteroatoms. The molecule has 0 aromatic heterocycles. The van der Waals surface area contributed by atoms with E-state index in [-0.39, 0.29) is 11.2 Å². The predicted octanol–water partition coefficient (Wildman–Crippen LogP) is 5.80. The third-order valence-corrected chi connectivity index (χ3v) is 6.95. The normalized spacial score (nSPS) is 22.8. The van der Waals surface area contributed by atoms with Gasteiger partial charge in [0.1, 0.15) is 0 Å². The van der Waals surface area contributed by atoms with Gasteiger partial charge in [0.05, 0.1) is 13.2 Å². The van der Waals surface area contributed by atoms with Gasteiger partial charge in [-0.15, -0.1) is 0 Å². The fourth-order valence-corrected chi connectivity index (χ4v) is 5.54. The van der Waals surface area contributed by atoms with E-state index < -0.39 is 0 Å². The Morgan fingerprint density at radius 1 is 0.708 bits per heavy atom. The van der Waals surface area contributed by atoms with Crippen molar-refractivity contribution >= 4 is 31.9 Å². The van der Waals surface area contributed by atoms with Gasteiger partial charge in [-0.05, 0) is 59.4 Å². The summed E-state index contributed by atoms with van der Waals surface area (Å²) in [6.07, 6.45) is 4.07. The molecule has 0 radical (unpaired) electrons. The zero-order valence-electron chi connectivity index (χ0n) is 13.3. The fourth-order valence-electron chi connectivity index (χ4n) is 4.82. The lowest BCUT2D eigenvalue weighted by Gasteiger charge is -2.43. The highest BCUT2D eigenvalue weighted by atomic mass is 79.9. The van der Waals surface area contributed by atoms with E-state index >= 15 is 0 Å². The molecule has 3 aliphatic rings. The van der Waals surface area contributed by atoms with Crippen LogP contribution in [-0.2, 0) is 14.9 Å². The van der Waals surface area contributed by atoms with E-state index in [1.807, 2.05) is 0 Å². The number of ether oxygens (including phenoxy) is 2. The third kappa shape index (κ3) is 2.13. The summed E-state index contributed by atoms with van der Waals surface area (Å²) < 4.78 is 14.2. The molecule has 2 aromatic carbocycles. The Morgan fingerprint density at radius 2 is 1.21 bits per heavy atom. The lowest BCUT2D eigenvalue weighted by atomic mass is 9.66. The zero-order chi connectivity index (χ0) is 16.4. The first-order valence-electron chi connectivity index (χ1n) is 8.50. The highest BCUT2D eigenvalue weighted by Gasteiger charge is 2.51. The molecule has 0 bridgehead atoms. The van der Waals surface area contributed by atoms with Crippen LogP contribution in [0, 0.1) is 0 Å². The van der Waals surface area contributed by atoms with Crippen LogP contribution in [0.25, 0.3) is 11.1 Å². The summed E-state index contributed by atoms with van der Waals surface area (Å²) in [6, 6.07) is 13.4. The zero-order valence-corrected chi connectivity index (χ0v) is 16.5. The number of rotatable bonds is 0. The number of fused-ring (bicyclic) bond motifs is 5. The molecule has 0 amide bonds. The minimum Gasteiger partial charge on any atom is -0.348 e. The first-order valence-corrected chi connectivity index (χ1v) is 10.1. The third-order valence-electron chi connectivity index (χ3n) is 5.96. The SMILES string of the molecule is Brc1ccc2c(c1)C1(CCC3(CC1)OCCO3)c1cc(Br)ccc1-2. The van der Waals surface area contributed by atoms with Gasteiger partial charge in [-0.25, -0.2) is 0 Å². The number of halogens is 2. The van der Waals surface area contributed by atoms with Crippen LogP contribution < -0.4 is 0 Å². The van der Waals surface area contributed by atoms with Gasteiger partial charge >= 0.3 is 0 Å². The minimum absolute atomic E-state index is 0.0821. The van der Waals surface area contributed by atoms with Crippen LogP contribution in [0.2, 0.25) is 0 Å². The minimum atomic E-state index is -0.327. The molecule has 2 fully saturated rings. The smallest absolute Gasteiger partial charge is 0.168 e. The van der Waals surface area contributed by atoms with Crippen LogP contribution in [0.3, 0.4) is 0 Å². The van der Waals surface area contributed by atoms with E-state index in [0.717, 1.165) is 47.8 Å². The van der Waals surface area contributed by atoms with Crippen LogP contribution in [0.15, 0.2) is 45.3 Å². The summed E-state index contributed by atoms with van der Waals surface area (Å²) >= 11 is 7.35. The first kappa shape index (κ1) is 15.6. The maximum absolute atomic E-state index is 5.97. The summed E-state index contributed by atoms with van der Waals surface area (Å²) in [6.45, 7) is 1.47. The topological polar surface area (TPSA) is 18.5 Å². The average Bonchev–Trinajstić information content (AvgIpc) is 3.13. The molecule has 1 aliphatic heterocycles. The average molecular weight is 450 g/mol. The first-order chi connectivity index (χ1) is 11.6. The van der Waals surface area contributed by atoms with E-state index in [1.165, 1.54) is 22.3 Å². The molecular weight excluding hydrogens is 432 g/mol. The molecule has 5 rings (SSSR count). The van der Waals surface area contributed by atoms with Gasteiger partial charge in [-0.3, -0.25) is 0 Å². The Morgan fingerprint density at radius 3 is 1.71 bits per heavy atom. The van der Waals surface area contributed by atoms with Crippen LogP contribution >= 0.6 is 31.9 Å². The second-order valence-corrected chi connectivity index (χ2v) is 8.90. The van der Waals surface area contributed by atoms with Gasteiger partial charge in [-0.1, -0.05) is 44.0 Å². The monoisotopic (exact) mass is 448 g/mol. The largest absolute Gasteiger partial charge is 0.348 e. The molecule has 1 heterocycles. The van der Waals surface area contributed by atoms with Crippen LogP contribution in [0.4, 0.5) is 0 Å². The van der Waals surface area contributed by atoms with E-state index in [0.29, 0.717) is 0 Å². The Kier molecular flexibility index (Phi) is 3.51. The molecule has 2 spiro atoms. The second-order valence-electron chi connectivity index (χ2n) is 7.07. The van der Waals surface area contributed by atoms with E-state index in [4.69, 9.17) is 9.47 Å². The van der Waals surface area contributed by atoms with Gasteiger partial charge in [0.25, 0.3) is 0 Å². The molecular formula is C20H18Br2O2. The van der Waals surface area contributed by atoms with E-state index in [9.17, 15) is 0 Å². The van der Waals surface area contributed by atoms with Gasteiger partial charge in [0, 0.05) is 27.2 Å². The van der Waals surface area contributed by atoms with Crippen LogP contribution in [0.5, 0.6) is 0 Å². The van der Waals surface area contributed by atoms with Gasteiger partial charge in [0.2, 0.25) is 0 Å². The highest BCUT2D eigenvalue weighted by molar-refractivity contribution is 9.10. The second kappa shape index (κ2) is 5.41. The number of hydrogen-bond acceptors (Lipinski definition) is 2. The Balaban J connectivity index is 1.66. The van der Waals surface area contributed by atoms with Crippen molar-refractivity contribution in [3.8, 4) is 11.1 Å². The number of benzene rings is 2. The summed E-state index contributed by atoms with van der Waals surface area (Å²) in [5.41, 5.74) is 5.75. The Bertz CT molecular complexity index is 761. The van der Waals surface area contributed by atoms with Crippen LogP contribution in [0.1, 0.15) is 36.8 Å². The highest BCUT2D eigenvalue weighted by Crippen LogP contribution is 2.58.